The second-order valence-electron chi connectivity index (χ2n) is 8.01. The fraction of sp³-hybridized carbons (Fsp3) is 0.308. The first-order chi connectivity index (χ1) is 16.5. The minimum atomic E-state index is -0.827. The lowest BCUT2D eigenvalue weighted by atomic mass is 10.0. The number of amides is 2. The first-order valence-electron chi connectivity index (χ1n) is 11.4. The zero-order chi connectivity index (χ0) is 24.1. The molecule has 0 aliphatic carbocycles. The van der Waals surface area contributed by atoms with Gasteiger partial charge in [-0.15, -0.1) is 0 Å². The van der Waals surface area contributed by atoms with Gasteiger partial charge in [0.05, 0.1) is 36.8 Å². The number of benzene rings is 2. The van der Waals surface area contributed by atoms with Gasteiger partial charge in [0.2, 0.25) is 5.91 Å². The summed E-state index contributed by atoms with van der Waals surface area (Å²) in [5.74, 6) is -0.0373. The van der Waals surface area contributed by atoms with Crippen molar-refractivity contribution in [2.24, 2.45) is 0 Å². The highest BCUT2D eigenvalue weighted by molar-refractivity contribution is 6.21. The number of carbonyl (C=O) groups is 3. The summed E-state index contributed by atoms with van der Waals surface area (Å²) in [7, 11) is 0. The molecule has 0 fully saturated rings. The van der Waals surface area contributed by atoms with E-state index < -0.39 is 17.9 Å². The van der Waals surface area contributed by atoms with E-state index in [-0.39, 0.29) is 12.3 Å². The number of hydrogen-bond donors (Lipinski definition) is 0. The summed E-state index contributed by atoms with van der Waals surface area (Å²) in [4.78, 5) is 44.7. The summed E-state index contributed by atoms with van der Waals surface area (Å²) in [5, 5.41) is 0. The summed E-state index contributed by atoms with van der Waals surface area (Å²) in [6.07, 6.45) is 5.98. The molecule has 2 amide bonds. The van der Waals surface area contributed by atoms with Crippen molar-refractivity contribution in [1.82, 2.24) is 14.5 Å². The van der Waals surface area contributed by atoms with Gasteiger partial charge in [-0.2, -0.15) is 0 Å². The van der Waals surface area contributed by atoms with Gasteiger partial charge in [0.25, 0.3) is 11.8 Å². The molecule has 34 heavy (non-hydrogen) atoms. The van der Waals surface area contributed by atoms with Crippen LogP contribution in [0.15, 0.2) is 61.2 Å². The first-order valence-corrected chi connectivity index (χ1v) is 11.4. The van der Waals surface area contributed by atoms with Crippen LogP contribution in [0.5, 0.6) is 11.5 Å². The molecule has 1 aliphatic rings. The third-order valence-corrected chi connectivity index (χ3v) is 5.57. The number of carbonyl (C=O) groups excluding carboxylic acids is 3. The van der Waals surface area contributed by atoms with Crippen LogP contribution in [0.1, 0.15) is 70.2 Å². The lowest BCUT2D eigenvalue weighted by molar-refractivity contribution is 0.0561. The molecule has 0 radical (unpaired) electrons. The molecule has 0 saturated carbocycles. The third-order valence-electron chi connectivity index (χ3n) is 5.57. The van der Waals surface area contributed by atoms with E-state index >= 15 is 0 Å². The summed E-state index contributed by atoms with van der Waals surface area (Å²) in [6.45, 7) is 5.03. The summed E-state index contributed by atoms with van der Waals surface area (Å²) >= 11 is 0. The standard InChI is InChI=1S/C26H27N3O5/c1-3-13-33-22-10-9-18(15-23(22)34-14-4-2)21(16-24(30)28-12-11-27-17-28)29-25(31)19-7-5-6-8-20(19)26(29)32/h5-12,15,17,21H,3-4,13-14,16H2,1-2H3. The van der Waals surface area contributed by atoms with Crippen LogP contribution in [-0.2, 0) is 0 Å². The van der Waals surface area contributed by atoms with Crippen molar-refractivity contribution in [3.63, 3.8) is 0 Å². The zero-order valence-corrected chi connectivity index (χ0v) is 19.3. The maximum absolute atomic E-state index is 13.3. The first kappa shape index (κ1) is 23.2. The largest absolute Gasteiger partial charge is 0.490 e. The zero-order valence-electron chi connectivity index (χ0n) is 19.3. The number of imidazole rings is 1. The summed E-state index contributed by atoms with van der Waals surface area (Å²) < 4.78 is 13.1. The van der Waals surface area contributed by atoms with Crippen molar-refractivity contribution in [2.75, 3.05) is 13.2 Å². The van der Waals surface area contributed by atoms with Gasteiger partial charge in [-0.3, -0.25) is 23.9 Å². The van der Waals surface area contributed by atoms with Crippen LogP contribution in [0.4, 0.5) is 0 Å². The van der Waals surface area contributed by atoms with Crippen LogP contribution in [0.3, 0.4) is 0 Å². The highest BCUT2D eigenvalue weighted by Crippen LogP contribution is 2.38. The van der Waals surface area contributed by atoms with Gasteiger partial charge in [-0.1, -0.05) is 32.0 Å². The van der Waals surface area contributed by atoms with Crippen molar-refractivity contribution in [3.8, 4) is 11.5 Å². The highest BCUT2D eigenvalue weighted by atomic mass is 16.5. The Labute approximate surface area is 198 Å². The topological polar surface area (TPSA) is 90.7 Å². The molecule has 0 bridgehead atoms. The van der Waals surface area contributed by atoms with Crippen molar-refractivity contribution < 1.29 is 23.9 Å². The second kappa shape index (κ2) is 10.3. The SMILES string of the molecule is CCCOc1ccc(C(CC(=O)n2ccnc2)N2C(=O)c3ccccc3C2=O)cc1OCCC. The Morgan fingerprint density at radius 2 is 1.59 bits per heavy atom. The molecule has 1 aliphatic heterocycles. The maximum Gasteiger partial charge on any atom is 0.262 e. The smallest absolute Gasteiger partial charge is 0.262 e. The number of nitrogens with zero attached hydrogens (tertiary/aromatic N) is 3. The number of fused-ring (bicyclic) bond motifs is 1. The third kappa shape index (κ3) is 4.57. The Morgan fingerprint density at radius 3 is 2.18 bits per heavy atom. The number of ether oxygens (including phenoxy) is 2. The molecule has 1 aromatic heterocycles. The molecular weight excluding hydrogens is 434 g/mol. The molecule has 1 unspecified atom stereocenters. The number of hydrogen-bond acceptors (Lipinski definition) is 6. The molecule has 2 aromatic carbocycles. The minimum Gasteiger partial charge on any atom is -0.490 e. The van der Waals surface area contributed by atoms with Gasteiger partial charge in [0, 0.05) is 12.4 Å². The second-order valence-corrected chi connectivity index (χ2v) is 8.01. The molecule has 8 heteroatoms. The Morgan fingerprint density at radius 1 is 0.941 bits per heavy atom. The van der Waals surface area contributed by atoms with E-state index in [0.29, 0.717) is 41.4 Å². The van der Waals surface area contributed by atoms with Crippen LogP contribution in [-0.4, -0.2) is 45.4 Å². The lowest BCUT2D eigenvalue weighted by Gasteiger charge is -2.27. The van der Waals surface area contributed by atoms with Gasteiger partial charge in [-0.05, 0) is 42.7 Å². The van der Waals surface area contributed by atoms with E-state index in [1.165, 1.54) is 22.0 Å². The Kier molecular flexibility index (Phi) is 7.06. The predicted molar refractivity (Wildman–Crippen MR) is 125 cm³/mol. The highest BCUT2D eigenvalue weighted by Gasteiger charge is 2.41. The van der Waals surface area contributed by atoms with Crippen LogP contribution in [0.2, 0.25) is 0 Å². The molecule has 176 valence electrons. The monoisotopic (exact) mass is 461 g/mol. The van der Waals surface area contributed by atoms with E-state index in [1.54, 1.807) is 48.7 Å². The summed E-state index contributed by atoms with van der Waals surface area (Å²) in [5.41, 5.74) is 1.27. The van der Waals surface area contributed by atoms with Crippen LogP contribution in [0, 0.1) is 0 Å². The fourth-order valence-corrected chi connectivity index (χ4v) is 3.91. The van der Waals surface area contributed by atoms with E-state index in [9.17, 15) is 14.4 Å². The number of imide groups is 1. The predicted octanol–water partition coefficient (Wildman–Crippen LogP) is 4.53. The molecule has 0 saturated heterocycles. The Balaban J connectivity index is 1.75. The average Bonchev–Trinajstić information content (AvgIpc) is 3.48. The van der Waals surface area contributed by atoms with E-state index in [0.717, 1.165) is 12.8 Å². The van der Waals surface area contributed by atoms with Crippen LogP contribution < -0.4 is 9.47 Å². The number of rotatable bonds is 10. The molecular formula is C26H27N3O5. The average molecular weight is 462 g/mol. The van der Waals surface area contributed by atoms with Crippen molar-refractivity contribution in [2.45, 2.75) is 39.2 Å². The van der Waals surface area contributed by atoms with Crippen molar-refractivity contribution in [3.05, 3.63) is 77.9 Å². The van der Waals surface area contributed by atoms with Gasteiger partial charge < -0.3 is 9.47 Å². The van der Waals surface area contributed by atoms with E-state index in [4.69, 9.17) is 9.47 Å². The summed E-state index contributed by atoms with van der Waals surface area (Å²) in [6, 6.07) is 11.2. The number of aromatic nitrogens is 2. The van der Waals surface area contributed by atoms with Crippen LogP contribution in [0.25, 0.3) is 0 Å². The van der Waals surface area contributed by atoms with Crippen molar-refractivity contribution in [1.29, 1.82) is 0 Å². The molecule has 4 rings (SSSR count). The maximum atomic E-state index is 13.3. The quantitative estimate of drug-likeness (QED) is 0.412. The van der Waals surface area contributed by atoms with Gasteiger partial charge in [-0.25, -0.2) is 4.98 Å². The normalized spacial score (nSPS) is 13.6. The molecule has 8 nitrogen and oxygen atoms in total. The van der Waals surface area contributed by atoms with E-state index in [2.05, 4.69) is 4.98 Å². The fourth-order valence-electron chi connectivity index (χ4n) is 3.91. The Bertz CT molecular complexity index is 1150. The van der Waals surface area contributed by atoms with Gasteiger partial charge in [0.1, 0.15) is 6.33 Å². The van der Waals surface area contributed by atoms with Crippen LogP contribution >= 0.6 is 0 Å². The van der Waals surface area contributed by atoms with Crippen molar-refractivity contribution >= 4 is 17.7 Å². The van der Waals surface area contributed by atoms with E-state index in [1.807, 2.05) is 13.8 Å². The molecule has 0 spiro atoms. The van der Waals surface area contributed by atoms with Gasteiger partial charge >= 0.3 is 0 Å². The molecule has 0 N–H and O–H groups in total. The van der Waals surface area contributed by atoms with Gasteiger partial charge in [0.15, 0.2) is 11.5 Å². The minimum absolute atomic E-state index is 0.107. The molecule has 3 aromatic rings. The lowest BCUT2D eigenvalue weighted by Crippen LogP contribution is -2.36. The Hall–Kier alpha value is -3.94. The molecule has 1 atom stereocenters. The molecule has 2 heterocycles.